The molecule has 4 nitrogen and oxygen atoms in total. The molecule has 0 aliphatic carbocycles. The van der Waals surface area contributed by atoms with E-state index in [1.807, 2.05) is 0 Å². The molecule has 0 bridgehead atoms. The normalized spacial score (nSPS) is 11.3. The fourth-order valence-corrected chi connectivity index (χ4v) is 2.12. The largest absolute Gasteiger partial charge is 0.379 e. The van der Waals surface area contributed by atoms with Gasteiger partial charge in [0.1, 0.15) is 0 Å². The van der Waals surface area contributed by atoms with Gasteiger partial charge in [-0.05, 0) is 35.2 Å². The lowest BCUT2D eigenvalue weighted by atomic mass is 10.2. The maximum absolute atomic E-state index is 5.53. The van der Waals surface area contributed by atoms with Gasteiger partial charge < -0.3 is 15.4 Å². The van der Waals surface area contributed by atoms with Gasteiger partial charge in [-0.2, -0.15) is 11.3 Å². The second-order valence-electron chi connectivity index (χ2n) is 4.72. The van der Waals surface area contributed by atoms with E-state index in [9.17, 15) is 0 Å². The number of aliphatic imine (C=N–C) groups is 1. The van der Waals surface area contributed by atoms with Gasteiger partial charge in [0.25, 0.3) is 0 Å². The Bertz CT molecular complexity index is 355. The number of halogens is 1. The molecular formula is C14H26IN3OS. The van der Waals surface area contributed by atoms with Crippen molar-refractivity contribution in [2.45, 2.75) is 27.3 Å². The first-order valence-corrected chi connectivity index (χ1v) is 7.77. The first-order chi connectivity index (χ1) is 9.22. The Hall–Kier alpha value is -0.340. The predicted molar refractivity (Wildman–Crippen MR) is 98.2 cm³/mol. The van der Waals surface area contributed by atoms with E-state index in [-0.39, 0.29) is 24.0 Å². The highest BCUT2D eigenvalue weighted by Gasteiger charge is 1.98. The van der Waals surface area contributed by atoms with E-state index < -0.39 is 0 Å². The molecule has 2 N–H and O–H groups in total. The molecule has 0 radical (unpaired) electrons. The summed E-state index contributed by atoms with van der Waals surface area (Å²) in [6.07, 6.45) is 0. The summed E-state index contributed by atoms with van der Waals surface area (Å²) >= 11 is 1.70. The number of nitrogens with one attached hydrogen (secondary N) is 2. The number of hydrogen-bond acceptors (Lipinski definition) is 3. The van der Waals surface area contributed by atoms with E-state index in [0.29, 0.717) is 19.1 Å². The zero-order chi connectivity index (χ0) is 13.9. The van der Waals surface area contributed by atoms with Crippen LogP contribution in [0, 0.1) is 5.92 Å². The van der Waals surface area contributed by atoms with E-state index in [0.717, 1.165) is 25.7 Å². The molecule has 6 heteroatoms. The minimum absolute atomic E-state index is 0. The Morgan fingerprint density at radius 3 is 2.80 bits per heavy atom. The van der Waals surface area contributed by atoms with Gasteiger partial charge in [0.15, 0.2) is 5.96 Å². The molecule has 20 heavy (non-hydrogen) atoms. The van der Waals surface area contributed by atoms with Gasteiger partial charge in [-0.1, -0.05) is 13.8 Å². The Balaban J connectivity index is 0.00000361. The molecule has 0 spiro atoms. The molecule has 0 aliphatic rings. The fourth-order valence-electron chi connectivity index (χ4n) is 1.46. The number of guanidine groups is 1. The molecule has 1 heterocycles. The summed E-state index contributed by atoms with van der Waals surface area (Å²) in [7, 11) is 0. The van der Waals surface area contributed by atoms with Crippen LogP contribution in [0.25, 0.3) is 0 Å². The van der Waals surface area contributed by atoms with Gasteiger partial charge in [-0.25, -0.2) is 4.99 Å². The first kappa shape index (κ1) is 19.7. The summed E-state index contributed by atoms with van der Waals surface area (Å²) in [5.74, 6) is 1.43. The SMILES string of the molecule is CCNC(=NCc1ccsc1)NCCOCC(C)C.I. The van der Waals surface area contributed by atoms with Crippen molar-refractivity contribution >= 4 is 41.3 Å². The first-order valence-electron chi connectivity index (χ1n) is 6.83. The molecule has 0 fully saturated rings. The second-order valence-corrected chi connectivity index (χ2v) is 5.50. The van der Waals surface area contributed by atoms with Crippen molar-refractivity contribution in [2.24, 2.45) is 10.9 Å². The Kier molecular flexibility index (Phi) is 12.2. The smallest absolute Gasteiger partial charge is 0.191 e. The molecule has 0 unspecified atom stereocenters. The van der Waals surface area contributed by atoms with Crippen LogP contribution in [0.4, 0.5) is 0 Å². The summed E-state index contributed by atoms with van der Waals surface area (Å²) < 4.78 is 5.53. The lowest BCUT2D eigenvalue weighted by molar-refractivity contribution is 0.114. The maximum Gasteiger partial charge on any atom is 0.191 e. The minimum atomic E-state index is 0. The topological polar surface area (TPSA) is 45.7 Å². The third-order valence-corrected chi connectivity index (χ3v) is 3.07. The van der Waals surface area contributed by atoms with Crippen LogP contribution in [-0.2, 0) is 11.3 Å². The summed E-state index contributed by atoms with van der Waals surface area (Å²) in [6.45, 7) is 10.2. The minimum Gasteiger partial charge on any atom is -0.379 e. The molecule has 0 saturated carbocycles. The van der Waals surface area contributed by atoms with Crippen molar-refractivity contribution in [3.05, 3.63) is 22.4 Å². The molecule has 0 atom stereocenters. The average Bonchev–Trinajstić information content (AvgIpc) is 2.88. The number of rotatable bonds is 8. The molecule has 1 aromatic rings. The van der Waals surface area contributed by atoms with Crippen LogP contribution in [0.15, 0.2) is 21.8 Å². The monoisotopic (exact) mass is 411 g/mol. The van der Waals surface area contributed by atoms with Crippen molar-refractivity contribution < 1.29 is 4.74 Å². The quantitative estimate of drug-likeness (QED) is 0.299. The average molecular weight is 411 g/mol. The Morgan fingerprint density at radius 2 is 2.20 bits per heavy atom. The molecule has 0 saturated heterocycles. The Labute approximate surface area is 143 Å². The summed E-state index contributed by atoms with van der Waals surface area (Å²) in [4.78, 5) is 4.53. The van der Waals surface area contributed by atoms with E-state index in [1.165, 1.54) is 5.56 Å². The van der Waals surface area contributed by atoms with Crippen LogP contribution < -0.4 is 10.6 Å². The second kappa shape index (κ2) is 12.4. The van der Waals surface area contributed by atoms with Crippen LogP contribution in [0.2, 0.25) is 0 Å². The van der Waals surface area contributed by atoms with Crippen LogP contribution in [0.5, 0.6) is 0 Å². The van der Waals surface area contributed by atoms with Crippen LogP contribution in [0.3, 0.4) is 0 Å². The van der Waals surface area contributed by atoms with E-state index >= 15 is 0 Å². The lowest BCUT2D eigenvalue weighted by Gasteiger charge is -2.12. The molecule has 0 aliphatic heterocycles. The van der Waals surface area contributed by atoms with Crippen molar-refractivity contribution in [1.82, 2.24) is 10.6 Å². The van der Waals surface area contributed by atoms with Crippen molar-refractivity contribution in [3.8, 4) is 0 Å². The molecule has 0 amide bonds. The van der Waals surface area contributed by atoms with Gasteiger partial charge in [0.05, 0.1) is 13.2 Å². The van der Waals surface area contributed by atoms with Crippen molar-refractivity contribution in [1.29, 1.82) is 0 Å². The summed E-state index contributed by atoms with van der Waals surface area (Å²) in [5, 5.41) is 10.7. The van der Waals surface area contributed by atoms with Crippen LogP contribution in [-0.4, -0.2) is 32.3 Å². The fraction of sp³-hybridized carbons (Fsp3) is 0.643. The standard InChI is InChI=1S/C14H25N3OS.HI/c1-4-15-14(16-6-7-18-10-12(2)3)17-9-13-5-8-19-11-13;/h5,8,11-12H,4,6-7,9-10H2,1-3H3,(H2,15,16,17);1H. The summed E-state index contributed by atoms with van der Waals surface area (Å²) in [5.41, 5.74) is 1.25. The number of thiophene rings is 1. The molecule has 116 valence electrons. The number of hydrogen-bond donors (Lipinski definition) is 2. The maximum atomic E-state index is 5.53. The molecule has 1 rings (SSSR count). The van der Waals surface area contributed by atoms with E-state index in [2.05, 4.69) is 53.2 Å². The van der Waals surface area contributed by atoms with Gasteiger partial charge in [-0.3, -0.25) is 0 Å². The highest BCUT2D eigenvalue weighted by molar-refractivity contribution is 14.0. The van der Waals surface area contributed by atoms with Gasteiger partial charge in [0.2, 0.25) is 0 Å². The van der Waals surface area contributed by atoms with Gasteiger partial charge in [-0.15, -0.1) is 24.0 Å². The van der Waals surface area contributed by atoms with Crippen molar-refractivity contribution in [2.75, 3.05) is 26.3 Å². The third kappa shape index (κ3) is 9.55. The molecule has 0 aromatic carbocycles. The highest BCUT2D eigenvalue weighted by atomic mass is 127. The predicted octanol–water partition coefficient (Wildman–Crippen LogP) is 3.09. The zero-order valence-electron chi connectivity index (χ0n) is 12.5. The Morgan fingerprint density at radius 1 is 1.40 bits per heavy atom. The molecule has 1 aromatic heterocycles. The number of ether oxygens (including phenoxy) is 1. The van der Waals surface area contributed by atoms with Gasteiger partial charge in [0, 0.05) is 19.7 Å². The number of nitrogens with zero attached hydrogens (tertiary/aromatic N) is 1. The molecular weight excluding hydrogens is 385 g/mol. The third-order valence-electron chi connectivity index (χ3n) is 2.33. The zero-order valence-corrected chi connectivity index (χ0v) is 15.7. The van der Waals surface area contributed by atoms with Crippen LogP contribution in [0.1, 0.15) is 26.3 Å². The van der Waals surface area contributed by atoms with E-state index in [1.54, 1.807) is 11.3 Å². The van der Waals surface area contributed by atoms with Crippen molar-refractivity contribution in [3.63, 3.8) is 0 Å². The van der Waals surface area contributed by atoms with E-state index in [4.69, 9.17) is 4.74 Å². The lowest BCUT2D eigenvalue weighted by Crippen LogP contribution is -2.39. The van der Waals surface area contributed by atoms with Crippen LogP contribution >= 0.6 is 35.3 Å². The van der Waals surface area contributed by atoms with Gasteiger partial charge >= 0.3 is 0 Å². The summed E-state index contributed by atoms with van der Waals surface area (Å²) in [6, 6.07) is 2.10. The highest BCUT2D eigenvalue weighted by Crippen LogP contribution is 2.06.